The fourth-order valence-electron chi connectivity index (χ4n) is 2.97. The van der Waals surface area contributed by atoms with Crippen molar-refractivity contribution < 1.29 is 14.0 Å². The lowest BCUT2D eigenvalue weighted by atomic mass is 10.1. The Balaban J connectivity index is 1.67. The average Bonchev–Trinajstić information content (AvgIpc) is 3.12. The Morgan fingerprint density at radius 2 is 2.00 bits per heavy atom. The Labute approximate surface area is 143 Å². The SMILES string of the molecule is OC1CCN(c2ncccc2-c2nc(-c3cccc(F)c3)no2)CC1. The van der Waals surface area contributed by atoms with Gasteiger partial charge in [-0.05, 0) is 37.1 Å². The van der Waals surface area contributed by atoms with Crippen LogP contribution in [0.4, 0.5) is 10.2 Å². The van der Waals surface area contributed by atoms with Crippen LogP contribution in [0.5, 0.6) is 0 Å². The lowest BCUT2D eigenvalue weighted by Gasteiger charge is -2.31. The summed E-state index contributed by atoms with van der Waals surface area (Å²) in [6, 6.07) is 9.75. The molecule has 0 spiro atoms. The van der Waals surface area contributed by atoms with Crippen LogP contribution < -0.4 is 4.90 Å². The normalized spacial score (nSPS) is 15.5. The van der Waals surface area contributed by atoms with Gasteiger partial charge in [0.25, 0.3) is 5.89 Å². The molecule has 3 aromatic rings. The second-order valence-corrected chi connectivity index (χ2v) is 6.03. The fourth-order valence-corrected chi connectivity index (χ4v) is 2.97. The lowest BCUT2D eigenvalue weighted by molar-refractivity contribution is 0.145. The van der Waals surface area contributed by atoms with Gasteiger partial charge in [0, 0.05) is 24.8 Å². The molecule has 0 aliphatic carbocycles. The fraction of sp³-hybridized carbons (Fsp3) is 0.278. The molecule has 4 rings (SSSR count). The van der Waals surface area contributed by atoms with Gasteiger partial charge in [0.15, 0.2) is 0 Å². The molecule has 0 bridgehead atoms. The number of halogens is 1. The Morgan fingerprint density at radius 3 is 2.80 bits per heavy atom. The van der Waals surface area contributed by atoms with Gasteiger partial charge in [0.2, 0.25) is 5.82 Å². The second kappa shape index (κ2) is 6.60. The van der Waals surface area contributed by atoms with E-state index in [1.54, 1.807) is 18.3 Å². The zero-order valence-corrected chi connectivity index (χ0v) is 13.5. The number of anilines is 1. The number of piperidine rings is 1. The third kappa shape index (κ3) is 3.23. The van der Waals surface area contributed by atoms with Gasteiger partial charge >= 0.3 is 0 Å². The molecule has 0 saturated carbocycles. The summed E-state index contributed by atoms with van der Waals surface area (Å²) in [5.41, 5.74) is 1.29. The van der Waals surface area contributed by atoms with Crippen molar-refractivity contribution in [3.05, 3.63) is 48.4 Å². The Morgan fingerprint density at radius 1 is 1.16 bits per heavy atom. The van der Waals surface area contributed by atoms with Crippen LogP contribution >= 0.6 is 0 Å². The van der Waals surface area contributed by atoms with Crippen LogP contribution in [-0.4, -0.2) is 39.4 Å². The van der Waals surface area contributed by atoms with Crippen LogP contribution in [0, 0.1) is 5.82 Å². The highest BCUT2D eigenvalue weighted by atomic mass is 19.1. The van der Waals surface area contributed by atoms with Crippen LogP contribution in [0.2, 0.25) is 0 Å². The molecule has 6 nitrogen and oxygen atoms in total. The van der Waals surface area contributed by atoms with Crippen LogP contribution in [0.1, 0.15) is 12.8 Å². The summed E-state index contributed by atoms with van der Waals surface area (Å²) in [5.74, 6) is 1.08. The monoisotopic (exact) mass is 340 g/mol. The third-order valence-corrected chi connectivity index (χ3v) is 4.29. The van der Waals surface area contributed by atoms with E-state index in [4.69, 9.17) is 4.52 Å². The van der Waals surface area contributed by atoms with E-state index in [1.807, 2.05) is 12.1 Å². The number of aliphatic hydroxyl groups excluding tert-OH is 1. The number of benzene rings is 1. The van der Waals surface area contributed by atoms with Gasteiger partial charge < -0.3 is 14.5 Å². The number of nitrogens with zero attached hydrogens (tertiary/aromatic N) is 4. The van der Waals surface area contributed by atoms with Gasteiger partial charge in [-0.2, -0.15) is 4.98 Å². The molecule has 0 amide bonds. The minimum absolute atomic E-state index is 0.258. The van der Waals surface area contributed by atoms with Crippen LogP contribution in [0.15, 0.2) is 47.1 Å². The Kier molecular flexibility index (Phi) is 4.15. The number of hydrogen-bond acceptors (Lipinski definition) is 6. The smallest absolute Gasteiger partial charge is 0.261 e. The van der Waals surface area contributed by atoms with E-state index in [-0.39, 0.29) is 11.9 Å². The summed E-state index contributed by atoms with van der Waals surface area (Å²) in [5, 5.41) is 13.7. The highest BCUT2D eigenvalue weighted by Crippen LogP contribution is 2.30. The summed E-state index contributed by atoms with van der Waals surface area (Å²) in [6.07, 6.45) is 2.86. The van der Waals surface area contributed by atoms with Gasteiger partial charge in [-0.3, -0.25) is 0 Å². The highest BCUT2D eigenvalue weighted by Gasteiger charge is 2.23. The molecule has 0 unspecified atom stereocenters. The average molecular weight is 340 g/mol. The van der Waals surface area contributed by atoms with Gasteiger partial charge in [-0.25, -0.2) is 9.37 Å². The highest BCUT2D eigenvalue weighted by molar-refractivity contribution is 5.71. The number of rotatable bonds is 3. The van der Waals surface area contributed by atoms with E-state index in [0.29, 0.717) is 30.1 Å². The molecular weight excluding hydrogens is 323 g/mol. The second-order valence-electron chi connectivity index (χ2n) is 6.03. The molecule has 1 saturated heterocycles. The minimum atomic E-state index is -0.349. The maximum absolute atomic E-state index is 13.4. The molecule has 3 heterocycles. The predicted octanol–water partition coefficient (Wildman–Crippen LogP) is 2.90. The first-order valence-corrected chi connectivity index (χ1v) is 8.19. The number of pyridine rings is 1. The molecule has 1 N–H and O–H groups in total. The van der Waals surface area contributed by atoms with Crippen molar-refractivity contribution in [2.24, 2.45) is 0 Å². The number of aromatic nitrogens is 3. The van der Waals surface area contributed by atoms with Gasteiger partial charge in [-0.15, -0.1) is 0 Å². The van der Waals surface area contributed by atoms with E-state index >= 15 is 0 Å². The standard InChI is InChI=1S/C18H17FN4O2/c19-13-4-1-3-12(11-13)16-21-18(25-22-16)15-5-2-8-20-17(15)23-9-6-14(24)7-10-23/h1-5,8,11,14,24H,6-7,9-10H2. The van der Waals surface area contributed by atoms with Crippen LogP contribution in [0.3, 0.4) is 0 Å². The molecule has 0 radical (unpaired) electrons. The molecule has 25 heavy (non-hydrogen) atoms. The largest absolute Gasteiger partial charge is 0.393 e. The molecular formula is C18H17FN4O2. The summed E-state index contributed by atoms with van der Waals surface area (Å²) in [4.78, 5) is 11.0. The van der Waals surface area contributed by atoms with Crippen molar-refractivity contribution >= 4 is 5.82 Å². The summed E-state index contributed by atoms with van der Waals surface area (Å²) < 4.78 is 18.8. The summed E-state index contributed by atoms with van der Waals surface area (Å²) >= 11 is 0. The van der Waals surface area contributed by atoms with Crippen molar-refractivity contribution in [1.82, 2.24) is 15.1 Å². The third-order valence-electron chi connectivity index (χ3n) is 4.29. The first-order chi connectivity index (χ1) is 12.2. The molecule has 1 aromatic carbocycles. The molecule has 1 aliphatic rings. The van der Waals surface area contributed by atoms with Crippen molar-refractivity contribution in [3.8, 4) is 22.8 Å². The molecule has 7 heteroatoms. The zero-order chi connectivity index (χ0) is 17.2. The molecule has 1 fully saturated rings. The van der Waals surface area contributed by atoms with E-state index in [0.717, 1.165) is 24.5 Å². The molecule has 2 aromatic heterocycles. The van der Waals surface area contributed by atoms with E-state index in [9.17, 15) is 9.50 Å². The van der Waals surface area contributed by atoms with Crippen molar-refractivity contribution in [1.29, 1.82) is 0 Å². The van der Waals surface area contributed by atoms with Gasteiger partial charge in [0.05, 0.1) is 11.7 Å². The Bertz CT molecular complexity index is 875. The van der Waals surface area contributed by atoms with Crippen LogP contribution in [0.25, 0.3) is 22.8 Å². The molecule has 1 aliphatic heterocycles. The van der Waals surface area contributed by atoms with Gasteiger partial charge in [-0.1, -0.05) is 17.3 Å². The minimum Gasteiger partial charge on any atom is -0.393 e. The lowest BCUT2D eigenvalue weighted by Crippen LogP contribution is -2.36. The first kappa shape index (κ1) is 15.7. The summed E-state index contributed by atoms with van der Waals surface area (Å²) in [7, 11) is 0. The molecule has 0 atom stereocenters. The zero-order valence-electron chi connectivity index (χ0n) is 13.5. The van der Waals surface area contributed by atoms with Crippen molar-refractivity contribution in [2.75, 3.05) is 18.0 Å². The van der Waals surface area contributed by atoms with E-state index in [2.05, 4.69) is 20.0 Å². The predicted molar refractivity (Wildman–Crippen MR) is 90.4 cm³/mol. The molecule has 128 valence electrons. The first-order valence-electron chi connectivity index (χ1n) is 8.19. The maximum atomic E-state index is 13.4. The van der Waals surface area contributed by atoms with E-state index < -0.39 is 0 Å². The van der Waals surface area contributed by atoms with Gasteiger partial charge in [0.1, 0.15) is 11.6 Å². The summed E-state index contributed by atoms with van der Waals surface area (Å²) in [6.45, 7) is 1.44. The maximum Gasteiger partial charge on any atom is 0.261 e. The number of aliphatic hydroxyl groups is 1. The van der Waals surface area contributed by atoms with Crippen LogP contribution in [-0.2, 0) is 0 Å². The van der Waals surface area contributed by atoms with E-state index in [1.165, 1.54) is 12.1 Å². The van der Waals surface area contributed by atoms with Crippen molar-refractivity contribution in [3.63, 3.8) is 0 Å². The Hall–Kier alpha value is -2.80. The van der Waals surface area contributed by atoms with Crippen molar-refractivity contribution in [2.45, 2.75) is 18.9 Å². The quantitative estimate of drug-likeness (QED) is 0.790. The number of hydrogen-bond donors (Lipinski definition) is 1. The topological polar surface area (TPSA) is 75.3 Å².